The fourth-order valence-corrected chi connectivity index (χ4v) is 7.39. The van der Waals surface area contributed by atoms with Crippen molar-refractivity contribution in [3.63, 3.8) is 0 Å². The molecule has 0 saturated carbocycles. The van der Waals surface area contributed by atoms with Crippen molar-refractivity contribution in [3.05, 3.63) is 24.3 Å². The van der Waals surface area contributed by atoms with Crippen molar-refractivity contribution in [2.75, 3.05) is 53.6 Å². The number of hydrogen-bond acceptors (Lipinski definition) is 2. The monoisotopic (exact) mass is 696 g/mol. The van der Waals surface area contributed by atoms with E-state index in [1.165, 1.54) is 193 Å². The van der Waals surface area contributed by atoms with Gasteiger partial charge in [0.1, 0.15) is 0 Å². The molecule has 1 rings (SSSR count). The maximum Gasteiger partial charge on any atom is 0.0839 e. The summed E-state index contributed by atoms with van der Waals surface area (Å²) < 4.78 is 13.6. The van der Waals surface area contributed by atoms with Crippen LogP contribution in [0.3, 0.4) is 0 Å². The first-order valence-corrected chi connectivity index (χ1v) is 21.4. The lowest BCUT2D eigenvalue weighted by Crippen LogP contribution is -3.00. The van der Waals surface area contributed by atoms with E-state index < -0.39 is 0 Å². The van der Waals surface area contributed by atoms with Crippen molar-refractivity contribution >= 4 is 0 Å². The highest BCUT2D eigenvalue weighted by atomic mass is 35.5. The van der Waals surface area contributed by atoms with Gasteiger partial charge in [-0.15, -0.1) is 0 Å². The van der Waals surface area contributed by atoms with Crippen molar-refractivity contribution in [3.8, 4) is 0 Å². The van der Waals surface area contributed by atoms with Gasteiger partial charge in [0.25, 0.3) is 0 Å². The molecule has 286 valence electrons. The predicted molar refractivity (Wildman–Crippen MR) is 209 cm³/mol. The summed E-state index contributed by atoms with van der Waals surface area (Å²) in [7, 11) is 4.76. The van der Waals surface area contributed by atoms with Crippen LogP contribution in [0.1, 0.15) is 194 Å². The van der Waals surface area contributed by atoms with Gasteiger partial charge in [0.15, 0.2) is 0 Å². The predicted octanol–water partition coefficient (Wildman–Crippen LogP) is 10.4. The number of hydrogen-bond donors (Lipinski definition) is 0. The molecular formula is C44H86ClNO2. The zero-order chi connectivity index (χ0) is 33.9. The molecule has 0 spiro atoms. The lowest BCUT2D eigenvalue weighted by atomic mass is 9.98. The summed E-state index contributed by atoms with van der Waals surface area (Å²) in [5.41, 5.74) is 0. The molecule has 1 saturated heterocycles. The van der Waals surface area contributed by atoms with Crippen LogP contribution >= 0.6 is 0 Å². The molecule has 1 unspecified atom stereocenters. The van der Waals surface area contributed by atoms with Gasteiger partial charge in [0, 0.05) is 25.0 Å². The molecule has 48 heavy (non-hydrogen) atoms. The zero-order valence-corrected chi connectivity index (χ0v) is 33.9. The summed E-state index contributed by atoms with van der Waals surface area (Å²) in [6, 6.07) is 0. The average Bonchev–Trinajstić information content (AvgIpc) is 3.36. The molecule has 0 aliphatic carbocycles. The van der Waals surface area contributed by atoms with E-state index >= 15 is 0 Å². The second kappa shape index (κ2) is 36.4. The van der Waals surface area contributed by atoms with Crippen LogP contribution in [-0.4, -0.2) is 58.1 Å². The molecular weight excluding hydrogens is 610 g/mol. The Balaban J connectivity index is 0.0000221. The zero-order valence-electron chi connectivity index (χ0n) is 33.1. The molecule has 0 aromatic rings. The van der Waals surface area contributed by atoms with Crippen LogP contribution in [0, 0.1) is 11.8 Å². The lowest BCUT2D eigenvalue weighted by Gasteiger charge is -2.23. The Hall–Kier alpha value is -0.350. The third-order valence-electron chi connectivity index (χ3n) is 10.4. The summed E-state index contributed by atoms with van der Waals surface area (Å²) in [6.45, 7) is 10.8. The maximum atomic E-state index is 6.22. The van der Waals surface area contributed by atoms with Crippen LogP contribution in [0.25, 0.3) is 0 Å². The molecule has 1 fully saturated rings. The Morgan fingerprint density at radius 3 is 1.00 bits per heavy atom. The van der Waals surface area contributed by atoms with Gasteiger partial charge >= 0.3 is 0 Å². The van der Waals surface area contributed by atoms with Gasteiger partial charge < -0.3 is 26.4 Å². The second-order valence-corrected chi connectivity index (χ2v) is 15.8. The fourth-order valence-electron chi connectivity index (χ4n) is 7.39. The van der Waals surface area contributed by atoms with Gasteiger partial charge in [-0.05, 0) is 64.2 Å². The molecule has 0 bridgehead atoms. The Morgan fingerprint density at radius 1 is 0.417 bits per heavy atom. The van der Waals surface area contributed by atoms with E-state index in [-0.39, 0.29) is 12.4 Å². The van der Waals surface area contributed by atoms with Crippen molar-refractivity contribution in [1.29, 1.82) is 0 Å². The standard InChI is InChI=1S/C44H86NO2.ClH/c1-5-7-9-11-13-15-17-19-21-23-25-27-29-31-33-35-37-46-41-43-39-45(3,4)40-44(43)42-47-38-36-34-32-30-28-26-24-22-20-18-16-14-12-10-8-6-2;/h19-22,43-44H,5-18,23-42H2,1-4H3;1H/q+1;/p-1/b21-19-,22-20-;/t43-,44?;/m0./s1. The van der Waals surface area contributed by atoms with Gasteiger partial charge in [0.2, 0.25) is 0 Å². The molecule has 0 radical (unpaired) electrons. The minimum Gasteiger partial charge on any atom is -1.00 e. The molecule has 3 nitrogen and oxygen atoms in total. The van der Waals surface area contributed by atoms with E-state index in [0.29, 0.717) is 11.8 Å². The van der Waals surface area contributed by atoms with Crippen LogP contribution in [0.5, 0.6) is 0 Å². The van der Waals surface area contributed by atoms with Crippen LogP contribution < -0.4 is 12.4 Å². The SMILES string of the molecule is CCCCCCCC/C=C\CCCCCCCCOCC1C[N+](C)(C)C[C@H]1COCCCCCCCC/C=C\CCCCCCCC.[Cl-]. The van der Waals surface area contributed by atoms with E-state index in [1.54, 1.807) is 0 Å². The number of ether oxygens (including phenoxy) is 2. The lowest BCUT2D eigenvalue weighted by molar-refractivity contribution is -0.880. The van der Waals surface area contributed by atoms with Gasteiger partial charge in [-0.25, -0.2) is 0 Å². The van der Waals surface area contributed by atoms with E-state index in [2.05, 4.69) is 52.2 Å². The quantitative estimate of drug-likeness (QED) is 0.0369. The topological polar surface area (TPSA) is 18.5 Å². The molecule has 2 atom stereocenters. The van der Waals surface area contributed by atoms with Gasteiger partial charge in [-0.1, -0.05) is 154 Å². The van der Waals surface area contributed by atoms with E-state index in [9.17, 15) is 0 Å². The molecule has 0 aromatic heterocycles. The summed E-state index contributed by atoms with van der Waals surface area (Å²) in [6.07, 6.45) is 47.8. The Morgan fingerprint density at radius 2 is 0.688 bits per heavy atom. The highest BCUT2D eigenvalue weighted by molar-refractivity contribution is 4.82. The molecule has 0 N–H and O–H groups in total. The Bertz CT molecular complexity index is 637. The van der Waals surface area contributed by atoms with Crippen molar-refractivity contribution in [2.24, 2.45) is 11.8 Å². The third-order valence-corrected chi connectivity index (χ3v) is 10.4. The first kappa shape index (κ1) is 47.7. The highest BCUT2D eigenvalue weighted by Gasteiger charge is 2.40. The molecule has 1 aliphatic rings. The number of nitrogens with zero attached hydrogens (tertiary/aromatic N) is 1. The van der Waals surface area contributed by atoms with Crippen LogP contribution in [0.15, 0.2) is 24.3 Å². The second-order valence-electron chi connectivity index (χ2n) is 15.8. The van der Waals surface area contributed by atoms with Crippen LogP contribution in [-0.2, 0) is 9.47 Å². The number of allylic oxidation sites excluding steroid dienone is 4. The maximum absolute atomic E-state index is 6.22. The number of halogens is 1. The average molecular weight is 697 g/mol. The van der Waals surface area contributed by atoms with E-state index in [0.717, 1.165) is 30.9 Å². The Labute approximate surface area is 308 Å². The number of quaternary nitrogens is 1. The Kier molecular flexibility index (Phi) is 36.2. The first-order chi connectivity index (χ1) is 23.1. The number of rotatable bonds is 36. The fraction of sp³-hybridized carbons (Fsp3) is 0.909. The summed E-state index contributed by atoms with van der Waals surface area (Å²) in [5.74, 6) is 1.30. The molecule has 1 heterocycles. The molecule has 0 aromatic carbocycles. The summed E-state index contributed by atoms with van der Waals surface area (Å²) >= 11 is 0. The summed E-state index contributed by atoms with van der Waals surface area (Å²) in [5, 5.41) is 0. The normalized spacial score (nSPS) is 17.6. The summed E-state index contributed by atoms with van der Waals surface area (Å²) in [4.78, 5) is 0. The number of likely N-dealkylation sites (tertiary alicyclic amines) is 1. The van der Waals surface area contributed by atoms with Crippen molar-refractivity contribution < 1.29 is 26.4 Å². The largest absolute Gasteiger partial charge is 1.00 e. The van der Waals surface area contributed by atoms with Gasteiger partial charge in [0.05, 0.1) is 40.4 Å². The van der Waals surface area contributed by atoms with Crippen molar-refractivity contribution in [1.82, 2.24) is 0 Å². The van der Waals surface area contributed by atoms with Crippen molar-refractivity contribution in [2.45, 2.75) is 194 Å². The van der Waals surface area contributed by atoms with E-state index in [1.807, 2.05) is 0 Å². The highest BCUT2D eigenvalue weighted by Crippen LogP contribution is 2.28. The van der Waals surface area contributed by atoms with Crippen LogP contribution in [0.4, 0.5) is 0 Å². The van der Waals surface area contributed by atoms with Crippen LogP contribution in [0.2, 0.25) is 0 Å². The third kappa shape index (κ3) is 31.6. The minimum atomic E-state index is 0. The van der Waals surface area contributed by atoms with Gasteiger partial charge in [-0.3, -0.25) is 0 Å². The smallest absolute Gasteiger partial charge is 0.0839 e. The molecule has 0 amide bonds. The minimum absolute atomic E-state index is 0. The molecule has 1 aliphatic heterocycles. The van der Waals surface area contributed by atoms with Gasteiger partial charge in [-0.2, -0.15) is 0 Å². The first-order valence-electron chi connectivity index (χ1n) is 21.4. The number of unbranched alkanes of at least 4 members (excludes halogenated alkanes) is 24. The van der Waals surface area contributed by atoms with E-state index in [4.69, 9.17) is 9.47 Å². The molecule has 4 heteroatoms.